The second-order valence-corrected chi connectivity index (χ2v) is 6.18. The van der Waals surface area contributed by atoms with Gasteiger partial charge < -0.3 is 20.1 Å². The Hall–Kier alpha value is -2.84. The van der Waals surface area contributed by atoms with E-state index in [1.165, 1.54) is 26.4 Å². The zero-order valence-corrected chi connectivity index (χ0v) is 15.1. The van der Waals surface area contributed by atoms with E-state index >= 15 is 0 Å². The number of methoxy groups -OCH3 is 2. The van der Waals surface area contributed by atoms with Crippen molar-refractivity contribution in [2.75, 3.05) is 19.5 Å². The molecule has 1 aromatic heterocycles. The van der Waals surface area contributed by atoms with Crippen LogP contribution in [0, 0.1) is 0 Å². The van der Waals surface area contributed by atoms with Gasteiger partial charge in [0, 0.05) is 0 Å². The molecule has 2 amide bonds. The minimum Gasteiger partial charge on any atom is -0.493 e. The van der Waals surface area contributed by atoms with E-state index < -0.39 is 0 Å². The van der Waals surface area contributed by atoms with Gasteiger partial charge in [0.15, 0.2) is 17.3 Å². The number of para-hydroxylation sites is 1. The van der Waals surface area contributed by atoms with Crippen molar-refractivity contribution >= 4 is 11.7 Å². The number of benzene rings is 1. The van der Waals surface area contributed by atoms with Gasteiger partial charge >= 0.3 is 6.03 Å². The number of hydrogen-bond acceptors (Lipinski definition) is 6. The third kappa shape index (κ3) is 4.04. The largest absolute Gasteiger partial charge is 0.493 e. The Balaban J connectivity index is 1.61. The number of hydrogen-bond donors (Lipinski definition) is 2. The molecule has 1 aromatic carbocycles. The summed E-state index contributed by atoms with van der Waals surface area (Å²) >= 11 is 0. The zero-order chi connectivity index (χ0) is 18.4. The van der Waals surface area contributed by atoms with Gasteiger partial charge in [-0.1, -0.05) is 25.3 Å². The predicted octanol–water partition coefficient (Wildman–Crippen LogP) is 2.52. The summed E-state index contributed by atoms with van der Waals surface area (Å²) in [5, 5.41) is 17.5. The number of tetrazole rings is 1. The van der Waals surface area contributed by atoms with E-state index in [1.54, 1.807) is 25.3 Å². The van der Waals surface area contributed by atoms with Crippen molar-refractivity contribution in [2.24, 2.45) is 0 Å². The van der Waals surface area contributed by atoms with E-state index in [2.05, 4.69) is 26.2 Å². The fraction of sp³-hybridized carbons (Fsp3) is 0.529. The summed E-state index contributed by atoms with van der Waals surface area (Å²) in [6.07, 6.45) is 5.79. The number of aromatic nitrogens is 4. The van der Waals surface area contributed by atoms with Crippen LogP contribution in [0.25, 0.3) is 0 Å². The molecule has 9 nitrogen and oxygen atoms in total. The first kappa shape index (κ1) is 18.0. The quantitative estimate of drug-likeness (QED) is 0.820. The molecule has 9 heteroatoms. The molecule has 1 aliphatic rings. The number of amides is 2. The van der Waals surface area contributed by atoms with Crippen molar-refractivity contribution in [1.29, 1.82) is 0 Å². The average Bonchev–Trinajstić information content (AvgIpc) is 3.15. The predicted molar refractivity (Wildman–Crippen MR) is 95.3 cm³/mol. The second kappa shape index (κ2) is 8.50. The standard InChI is InChI=1S/C17H24N6O3/c1-25-14-10-6-9-13(16(14)26-2)19-17(24)18-11-15-20-21-22-23(15)12-7-4-3-5-8-12/h6,9-10,12H,3-5,7-8,11H2,1-2H3,(H2,18,19,24). The molecule has 140 valence electrons. The average molecular weight is 360 g/mol. The maximum atomic E-state index is 12.3. The number of anilines is 1. The minimum atomic E-state index is -0.366. The summed E-state index contributed by atoms with van der Waals surface area (Å²) in [5.74, 6) is 1.67. The van der Waals surface area contributed by atoms with E-state index in [9.17, 15) is 4.79 Å². The molecule has 0 spiro atoms. The van der Waals surface area contributed by atoms with Gasteiger partial charge in [-0.05, 0) is 35.4 Å². The van der Waals surface area contributed by atoms with Crippen LogP contribution in [0.2, 0.25) is 0 Å². The lowest BCUT2D eigenvalue weighted by atomic mass is 9.96. The van der Waals surface area contributed by atoms with E-state index in [1.807, 2.05) is 4.68 Å². The van der Waals surface area contributed by atoms with Gasteiger partial charge in [-0.25, -0.2) is 9.48 Å². The maximum Gasteiger partial charge on any atom is 0.319 e. The lowest BCUT2D eigenvalue weighted by molar-refractivity contribution is 0.250. The van der Waals surface area contributed by atoms with Crippen molar-refractivity contribution in [2.45, 2.75) is 44.7 Å². The van der Waals surface area contributed by atoms with Crippen molar-refractivity contribution in [3.8, 4) is 11.5 Å². The van der Waals surface area contributed by atoms with Gasteiger partial charge in [0.05, 0.1) is 32.5 Å². The molecular weight excluding hydrogens is 336 g/mol. The fourth-order valence-corrected chi connectivity index (χ4v) is 3.25. The molecular formula is C17H24N6O3. The summed E-state index contributed by atoms with van der Waals surface area (Å²) in [6, 6.07) is 5.24. The molecule has 0 bridgehead atoms. The summed E-state index contributed by atoms with van der Waals surface area (Å²) in [4.78, 5) is 12.3. The molecule has 0 radical (unpaired) electrons. The van der Waals surface area contributed by atoms with Crippen LogP contribution in [0.3, 0.4) is 0 Å². The van der Waals surface area contributed by atoms with Gasteiger partial charge in [0.1, 0.15) is 0 Å². The number of urea groups is 1. The Morgan fingerprint density at radius 3 is 2.77 bits per heavy atom. The highest BCUT2D eigenvalue weighted by atomic mass is 16.5. The van der Waals surface area contributed by atoms with E-state index in [4.69, 9.17) is 9.47 Å². The Labute approximate surface area is 152 Å². The van der Waals surface area contributed by atoms with Gasteiger partial charge in [-0.2, -0.15) is 0 Å². The Morgan fingerprint density at radius 2 is 2.04 bits per heavy atom. The first-order valence-electron chi connectivity index (χ1n) is 8.75. The molecule has 1 heterocycles. The highest BCUT2D eigenvalue weighted by molar-refractivity contribution is 5.91. The number of rotatable bonds is 6. The normalized spacial score (nSPS) is 14.7. The van der Waals surface area contributed by atoms with Crippen LogP contribution in [0.4, 0.5) is 10.5 Å². The monoisotopic (exact) mass is 360 g/mol. The van der Waals surface area contributed by atoms with E-state index in [-0.39, 0.29) is 12.6 Å². The fourth-order valence-electron chi connectivity index (χ4n) is 3.25. The zero-order valence-electron chi connectivity index (χ0n) is 15.1. The first-order valence-corrected chi connectivity index (χ1v) is 8.75. The lowest BCUT2D eigenvalue weighted by Gasteiger charge is -2.22. The Morgan fingerprint density at radius 1 is 1.23 bits per heavy atom. The highest BCUT2D eigenvalue weighted by Gasteiger charge is 2.20. The van der Waals surface area contributed by atoms with Gasteiger partial charge in [0.2, 0.25) is 0 Å². The third-order valence-corrected chi connectivity index (χ3v) is 4.54. The number of carbonyl (C=O) groups is 1. The summed E-state index contributed by atoms with van der Waals surface area (Å²) in [7, 11) is 3.08. The topological polar surface area (TPSA) is 103 Å². The van der Waals surface area contributed by atoms with Crippen LogP contribution in [0.1, 0.15) is 44.0 Å². The van der Waals surface area contributed by atoms with Gasteiger partial charge in [-0.3, -0.25) is 0 Å². The van der Waals surface area contributed by atoms with Crippen LogP contribution in [-0.4, -0.2) is 40.5 Å². The van der Waals surface area contributed by atoms with Crippen molar-refractivity contribution in [3.05, 3.63) is 24.0 Å². The number of nitrogens with one attached hydrogen (secondary N) is 2. The van der Waals surface area contributed by atoms with Crippen LogP contribution in [0.5, 0.6) is 11.5 Å². The first-order chi connectivity index (χ1) is 12.7. The molecule has 0 aliphatic heterocycles. The molecule has 3 rings (SSSR count). The molecule has 2 N–H and O–H groups in total. The Bertz CT molecular complexity index is 742. The number of ether oxygens (including phenoxy) is 2. The lowest BCUT2D eigenvalue weighted by Crippen LogP contribution is -2.30. The van der Waals surface area contributed by atoms with Crippen LogP contribution in [0.15, 0.2) is 18.2 Å². The van der Waals surface area contributed by atoms with Crippen molar-refractivity contribution in [3.63, 3.8) is 0 Å². The molecule has 2 aromatic rings. The molecule has 26 heavy (non-hydrogen) atoms. The smallest absolute Gasteiger partial charge is 0.319 e. The SMILES string of the molecule is COc1cccc(NC(=O)NCc2nnnn2C2CCCCC2)c1OC. The van der Waals surface area contributed by atoms with Crippen LogP contribution in [-0.2, 0) is 6.54 Å². The van der Waals surface area contributed by atoms with Crippen molar-refractivity contribution < 1.29 is 14.3 Å². The second-order valence-electron chi connectivity index (χ2n) is 6.18. The van der Waals surface area contributed by atoms with E-state index in [0.29, 0.717) is 29.1 Å². The van der Waals surface area contributed by atoms with Gasteiger partial charge in [0.25, 0.3) is 0 Å². The molecule has 1 saturated carbocycles. The van der Waals surface area contributed by atoms with E-state index in [0.717, 1.165) is 12.8 Å². The van der Waals surface area contributed by atoms with Crippen molar-refractivity contribution in [1.82, 2.24) is 25.5 Å². The number of carbonyl (C=O) groups excluding carboxylic acids is 1. The van der Waals surface area contributed by atoms with Crippen LogP contribution >= 0.6 is 0 Å². The number of nitrogens with zero attached hydrogens (tertiary/aromatic N) is 4. The van der Waals surface area contributed by atoms with Gasteiger partial charge in [-0.15, -0.1) is 5.10 Å². The molecule has 0 unspecified atom stereocenters. The third-order valence-electron chi connectivity index (χ3n) is 4.54. The molecule has 1 aliphatic carbocycles. The Kier molecular flexibility index (Phi) is 5.88. The molecule has 0 saturated heterocycles. The minimum absolute atomic E-state index is 0.252. The molecule has 1 fully saturated rings. The summed E-state index contributed by atoms with van der Waals surface area (Å²) < 4.78 is 12.4. The van der Waals surface area contributed by atoms with Crippen LogP contribution < -0.4 is 20.1 Å². The molecule has 0 atom stereocenters. The maximum absolute atomic E-state index is 12.3. The summed E-state index contributed by atoms with van der Waals surface area (Å²) in [6.45, 7) is 0.252. The summed E-state index contributed by atoms with van der Waals surface area (Å²) in [5.41, 5.74) is 0.524. The highest BCUT2D eigenvalue weighted by Crippen LogP contribution is 2.34.